The second kappa shape index (κ2) is 7.78. The van der Waals surface area contributed by atoms with Crippen molar-refractivity contribution in [3.8, 4) is 0 Å². The highest BCUT2D eigenvalue weighted by Gasteiger charge is 2.17. The van der Waals surface area contributed by atoms with Gasteiger partial charge in [-0.15, -0.1) is 0 Å². The van der Waals surface area contributed by atoms with Gasteiger partial charge in [-0.3, -0.25) is 14.9 Å². The second-order valence-corrected chi connectivity index (χ2v) is 6.42. The van der Waals surface area contributed by atoms with Crippen LogP contribution in [0, 0.1) is 10.1 Å². The third-order valence-electron chi connectivity index (χ3n) is 4.23. The molecule has 0 bridgehead atoms. The summed E-state index contributed by atoms with van der Waals surface area (Å²) < 4.78 is 1.65. The van der Waals surface area contributed by atoms with Crippen LogP contribution < -0.4 is 16.0 Å². The third-order valence-corrected chi connectivity index (χ3v) is 4.23. The minimum Gasteiger partial charge on any atom is -0.393 e. The molecule has 2 aromatic carbocycles. The van der Waals surface area contributed by atoms with Crippen LogP contribution in [0.5, 0.6) is 0 Å². The fourth-order valence-electron chi connectivity index (χ4n) is 2.67. The molecule has 3 aromatic rings. The van der Waals surface area contributed by atoms with Crippen LogP contribution in [0.4, 0.5) is 22.9 Å². The third kappa shape index (κ3) is 4.09. The van der Waals surface area contributed by atoms with Gasteiger partial charge in [0.25, 0.3) is 11.6 Å². The van der Waals surface area contributed by atoms with Gasteiger partial charge in [-0.1, -0.05) is 12.1 Å². The molecular formula is C19H20N6O3. The SMILES string of the molecule is CN(C)c1ccc(Cn2nccc2NC(=O)c2ccc(N)c([N+](=O)[O-])c2)cc1. The number of carbonyl (C=O) groups excluding carboxylic acids is 1. The van der Waals surface area contributed by atoms with Crippen molar-refractivity contribution in [1.82, 2.24) is 9.78 Å². The first-order valence-electron chi connectivity index (χ1n) is 8.48. The number of nitro benzene ring substituents is 1. The summed E-state index contributed by atoms with van der Waals surface area (Å²) in [5.41, 5.74) is 7.53. The summed E-state index contributed by atoms with van der Waals surface area (Å²) in [5.74, 6) is 0.00831. The zero-order valence-corrected chi connectivity index (χ0v) is 15.5. The van der Waals surface area contributed by atoms with E-state index < -0.39 is 10.8 Å². The average molecular weight is 380 g/mol. The number of aromatic nitrogens is 2. The Kier molecular flexibility index (Phi) is 5.25. The molecule has 1 aromatic heterocycles. The standard InChI is InChI=1S/C19H20N6O3/c1-23(2)15-6-3-13(4-7-15)12-24-18(9-10-21-24)22-19(26)14-5-8-16(20)17(11-14)25(27)28/h3-11H,12,20H2,1-2H3,(H,22,26). The number of nitro groups is 1. The van der Waals surface area contributed by atoms with Crippen LogP contribution in [0.1, 0.15) is 15.9 Å². The molecule has 1 heterocycles. The number of benzene rings is 2. The maximum absolute atomic E-state index is 12.5. The number of hydrogen-bond donors (Lipinski definition) is 2. The normalized spacial score (nSPS) is 10.5. The van der Waals surface area contributed by atoms with Gasteiger partial charge < -0.3 is 16.0 Å². The summed E-state index contributed by atoms with van der Waals surface area (Å²) in [5, 5.41) is 18.0. The monoisotopic (exact) mass is 380 g/mol. The lowest BCUT2D eigenvalue weighted by atomic mass is 10.1. The number of rotatable bonds is 6. The summed E-state index contributed by atoms with van der Waals surface area (Å²) in [6, 6.07) is 13.6. The van der Waals surface area contributed by atoms with E-state index in [2.05, 4.69) is 10.4 Å². The van der Waals surface area contributed by atoms with E-state index in [9.17, 15) is 14.9 Å². The molecule has 9 heteroatoms. The van der Waals surface area contributed by atoms with Gasteiger partial charge in [0.2, 0.25) is 0 Å². The van der Waals surface area contributed by atoms with Crippen LogP contribution in [-0.4, -0.2) is 34.7 Å². The van der Waals surface area contributed by atoms with Gasteiger partial charge in [0.05, 0.1) is 17.7 Å². The van der Waals surface area contributed by atoms with E-state index in [0.717, 1.165) is 17.3 Å². The molecular weight excluding hydrogens is 360 g/mol. The van der Waals surface area contributed by atoms with E-state index in [0.29, 0.717) is 12.4 Å². The number of hydrogen-bond acceptors (Lipinski definition) is 6. The summed E-state index contributed by atoms with van der Waals surface area (Å²) in [6.07, 6.45) is 1.58. The number of nitrogen functional groups attached to an aromatic ring is 1. The Balaban J connectivity index is 1.76. The molecule has 144 valence electrons. The van der Waals surface area contributed by atoms with Crippen LogP contribution in [0.2, 0.25) is 0 Å². The quantitative estimate of drug-likeness (QED) is 0.385. The topological polar surface area (TPSA) is 119 Å². The Bertz CT molecular complexity index is 1010. The number of anilines is 3. The molecule has 0 atom stereocenters. The van der Waals surface area contributed by atoms with Crippen molar-refractivity contribution in [1.29, 1.82) is 0 Å². The molecule has 3 rings (SSSR count). The highest BCUT2D eigenvalue weighted by atomic mass is 16.6. The van der Waals surface area contributed by atoms with Gasteiger partial charge in [0, 0.05) is 37.5 Å². The molecule has 1 amide bonds. The van der Waals surface area contributed by atoms with E-state index in [1.54, 1.807) is 16.9 Å². The van der Waals surface area contributed by atoms with E-state index in [1.165, 1.54) is 12.1 Å². The zero-order chi connectivity index (χ0) is 20.3. The van der Waals surface area contributed by atoms with E-state index in [4.69, 9.17) is 5.73 Å². The fraction of sp³-hybridized carbons (Fsp3) is 0.158. The molecule has 0 spiro atoms. The average Bonchev–Trinajstić information content (AvgIpc) is 3.08. The number of carbonyl (C=O) groups is 1. The van der Waals surface area contributed by atoms with Crippen LogP contribution >= 0.6 is 0 Å². The molecule has 0 aliphatic carbocycles. The minimum atomic E-state index is -0.617. The maximum atomic E-state index is 12.5. The first-order chi connectivity index (χ1) is 13.3. The first kappa shape index (κ1) is 18.9. The Hall–Kier alpha value is -3.88. The number of nitrogens with one attached hydrogen (secondary N) is 1. The lowest BCUT2D eigenvalue weighted by Crippen LogP contribution is -2.16. The van der Waals surface area contributed by atoms with Gasteiger partial charge in [-0.25, -0.2) is 4.68 Å². The molecule has 0 unspecified atom stereocenters. The zero-order valence-electron chi connectivity index (χ0n) is 15.5. The first-order valence-corrected chi connectivity index (χ1v) is 8.48. The number of nitrogens with two attached hydrogens (primary N) is 1. The van der Waals surface area contributed by atoms with Crippen molar-refractivity contribution in [3.05, 3.63) is 76.0 Å². The molecule has 0 radical (unpaired) electrons. The smallest absolute Gasteiger partial charge is 0.292 e. The molecule has 0 saturated carbocycles. The Labute approximate surface area is 161 Å². The molecule has 3 N–H and O–H groups in total. The largest absolute Gasteiger partial charge is 0.393 e. The van der Waals surface area contributed by atoms with Crippen LogP contribution in [0.25, 0.3) is 0 Å². The number of amides is 1. The molecule has 0 saturated heterocycles. The molecule has 0 fully saturated rings. The summed E-state index contributed by atoms with van der Waals surface area (Å²) in [6.45, 7) is 0.470. The molecule has 28 heavy (non-hydrogen) atoms. The maximum Gasteiger partial charge on any atom is 0.292 e. The lowest BCUT2D eigenvalue weighted by Gasteiger charge is -2.13. The predicted octanol–water partition coefficient (Wildman–Crippen LogP) is 2.74. The summed E-state index contributed by atoms with van der Waals surface area (Å²) >= 11 is 0. The Morgan fingerprint density at radius 3 is 2.57 bits per heavy atom. The van der Waals surface area contributed by atoms with Crippen molar-refractivity contribution in [3.63, 3.8) is 0 Å². The summed E-state index contributed by atoms with van der Waals surface area (Å²) in [7, 11) is 3.94. The highest BCUT2D eigenvalue weighted by Crippen LogP contribution is 2.23. The van der Waals surface area contributed by atoms with Gasteiger partial charge in [-0.2, -0.15) is 5.10 Å². The lowest BCUT2D eigenvalue weighted by molar-refractivity contribution is -0.383. The van der Waals surface area contributed by atoms with E-state index in [-0.39, 0.29) is 16.9 Å². The molecule has 0 aliphatic heterocycles. The van der Waals surface area contributed by atoms with E-state index in [1.807, 2.05) is 43.3 Å². The van der Waals surface area contributed by atoms with Crippen molar-refractivity contribution in [2.75, 3.05) is 30.0 Å². The van der Waals surface area contributed by atoms with Gasteiger partial charge >= 0.3 is 0 Å². The Morgan fingerprint density at radius 2 is 1.93 bits per heavy atom. The van der Waals surface area contributed by atoms with Crippen molar-refractivity contribution in [2.45, 2.75) is 6.54 Å². The fourth-order valence-corrected chi connectivity index (χ4v) is 2.67. The second-order valence-electron chi connectivity index (χ2n) is 6.42. The van der Waals surface area contributed by atoms with Gasteiger partial charge in [0.15, 0.2) is 0 Å². The van der Waals surface area contributed by atoms with Crippen molar-refractivity contribution in [2.24, 2.45) is 0 Å². The summed E-state index contributed by atoms with van der Waals surface area (Å²) in [4.78, 5) is 24.9. The Morgan fingerprint density at radius 1 is 1.21 bits per heavy atom. The van der Waals surface area contributed by atoms with E-state index >= 15 is 0 Å². The van der Waals surface area contributed by atoms with Crippen LogP contribution in [0.15, 0.2) is 54.7 Å². The minimum absolute atomic E-state index is 0.00719. The number of nitrogens with zero attached hydrogens (tertiary/aromatic N) is 4. The van der Waals surface area contributed by atoms with Crippen LogP contribution in [-0.2, 0) is 6.54 Å². The van der Waals surface area contributed by atoms with Gasteiger partial charge in [0.1, 0.15) is 11.5 Å². The molecule has 9 nitrogen and oxygen atoms in total. The van der Waals surface area contributed by atoms with Crippen molar-refractivity contribution < 1.29 is 9.72 Å². The van der Waals surface area contributed by atoms with Gasteiger partial charge in [-0.05, 0) is 29.8 Å². The predicted molar refractivity (Wildman–Crippen MR) is 108 cm³/mol. The van der Waals surface area contributed by atoms with Crippen LogP contribution in [0.3, 0.4) is 0 Å². The van der Waals surface area contributed by atoms with Crippen molar-refractivity contribution >= 4 is 28.8 Å². The highest BCUT2D eigenvalue weighted by molar-refractivity contribution is 6.04. The molecule has 0 aliphatic rings.